The molecule has 1 aromatic carbocycles. The molecule has 2 fully saturated rings. The molecule has 0 spiro atoms. The Morgan fingerprint density at radius 1 is 1.32 bits per heavy atom. The van der Waals surface area contributed by atoms with Gasteiger partial charge in [-0.3, -0.25) is 0 Å². The van der Waals surface area contributed by atoms with E-state index in [1.807, 2.05) is 0 Å². The molecule has 0 bridgehead atoms. The molecule has 3 aliphatic carbocycles. The van der Waals surface area contributed by atoms with Gasteiger partial charge in [0.05, 0.1) is 0 Å². The molecule has 1 nitrogen and oxygen atoms in total. The van der Waals surface area contributed by atoms with E-state index < -0.39 is 0 Å². The van der Waals surface area contributed by atoms with Gasteiger partial charge in [-0.2, -0.15) is 0 Å². The maximum Gasteiger partial charge on any atom is 0.0300 e. The fraction of sp³-hybridized carbons (Fsp3) is 0.611. The molecule has 0 saturated heterocycles. The molecule has 1 aromatic rings. The van der Waals surface area contributed by atoms with Gasteiger partial charge in [-0.25, -0.2) is 0 Å². The number of fused-ring (bicyclic) bond motifs is 5. The highest BCUT2D eigenvalue weighted by molar-refractivity contribution is 5.37. The predicted octanol–water partition coefficient (Wildman–Crippen LogP) is 4.00. The molecular weight excluding hydrogens is 230 g/mol. The summed E-state index contributed by atoms with van der Waals surface area (Å²) in [5.74, 6) is 2.44. The number of benzene rings is 1. The van der Waals surface area contributed by atoms with E-state index in [-0.39, 0.29) is 6.04 Å². The Bertz CT molecular complexity index is 494. The van der Waals surface area contributed by atoms with Gasteiger partial charge in [-0.1, -0.05) is 19.1 Å². The molecule has 5 atom stereocenters. The van der Waals surface area contributed by atoms with E-state index in [4.69, 9.17) is 5.73 Å². The van der Waals surface area contributed by atoms with Crippen LogP contribution in [0.5, 0.6) is 0 Å². The Morgan fingerprint density at radius 3 is 3.11 bits per heavy atom. The number of hydrogen-bond acceptors (Lipinski definition) is 1. The van der Waals surface area contributed by atoms with Crippen molar-refractivity contribution in [3.63, 3.8) is 0 Å². The Hall–Kier alpha value is -0.820. The smallest absolute Gasteiger partial charge is 0.0300 e. The maximum atomic E-state index is 6.45. The van der Waals surface area contributed by atoms with Crippen molar-refractivity contribution >= 4 is 0 Å². The van der Waals surface area contributed by atoms with Crippen LogP contribution in [0.4, 0.5) is 0 Å². The van der Waals surface area contributed by atoms with Crippen molar-refractivity contribution in [2.75, 3.05) is 0 Å². The van der Waals surface area contributed by atoms with Crippen molar-refractivity contribution in [1.29, 1.82) is 0 Å². The van der Waals surface area contributed by atoms with Crippen LogP contribution in [0.15, 0.2) is 18.2 Å². The van der Waals surface area contributed by atoms with E-state index in [9.17, 15) is 0 Å². The highest BCUT2D eigenvalue weighted by Crippen LogP contribution is 2.61. The van der Waals surface area contributed by atoms with E-state index in [1.54, 1.807) is 0 Å². The minimum Gasteiger partial charge on any atom is -0.324 e. The quantitative estimate of drug-likeness (QED) is 0.743. The van der Waals surface area contributed by atoms with Gasteiger partial charge in [-0.05, 0) is 85.0 Å². The summed E-state index contributed by atoms with van der Waals surface area (Å²) >= 11 is 0. The molecule has 4 rings (SSSR count). The van der Waals surface area contributed by atoms with E-state index >= 15 is 0 Å². The predicted molar refractivity (Wildman–Crippen MR) is 77.4 cm³/mol. The van der Waals surface area contributed by atoms with Crippen molar-refractivity contribution in [2.24, 2.45) is 23.0 Å². The van der Waals surface area contributed by atoms with E-state index in [0.29, 0.717) is 5.41 Å². The number of nitrogens with two attached hydrogens (primary N) is 1. The third kappa shape index (κ3) is 1.64. The summed E-state index contributed by atoms with van der Waals surface area (Å²) in [6, 6.07) is 9.93. The standard InChI is InChI=1S/C18H23N/c1-18-9-4-7-16(18)15-11-17(19)14-6-3-2-5-12(14)13(15)8-10-18/h2,5-6,9,13,15-17H,4,7-8,10-11,19H2,1H3. The van der Waals surface area contributed by atoms with Crippen LogP contribution in [0.3, 0.4) is 0 Å². The molecule has 3 aliphatic rings. The first kappa shape index (κ1) is 12.0. The average molecular weight is 253 g/mol. The van der Waals surface area contributed by atoms with E-state index in [1.165, 1.54) is 43.2 Å². The Balaban J connectivity index is 1.76. The van der Waals surface area contributed by atoms with E-state index in [0.717, 1.165) is 17.8 Å². The molecule has 0 aliphatic heterocycles. The number of rotatable bonds is 0. The first-order chi connectivity index (χ1) is 9.19. The second-order valence-electron chi connectivity index (χ2n) is 7.10. The monoisotopic (exact) mass is 253 g/mol. The third-order valence-electron chi connectivity index (χ3n) is 6.22. The molecular formula is C18H23N. The van der Waals surface area contributed by atoms with Gasteiger partial charge in [0.1, 0.15) is 0 Å². The molecule has 5 unspecified atom stereocenters. The van der Waals surface area contributed by atoms with Gasteiger partial charge in [0.15, 0.2) is 0 Å². The average Bonchev–Trinajstić information content (AvgIpc) is 2.81. The minimum atomic E-state index is 0.233. The topological polar surface area (TPSA) is 26.0 Å². The summed E-state index contributed by atoms with van der Waals surface area (Å²) in [6.45, 7) is 2.49. The zero-order valence-corrected chi connectivity index (χ0v) is 11.7. The maximum absolute atomic E-state index is 6.45. The van der Waals surface area contributed by atoms with E-state index in [2.05, 4.69) is 37.6 Å². The summed E-state index contributed by atoms with van der Waals surface area (Å²) in [5, 5.41) is 0. The van der Waals surface area contributed by atoms with Crippen molar-refractivity contribution in [3.05, 3.63) is 41.8 Å². The zero-order chi connectivity index (χ0) is 13.0. The first-order valence-corrected chi connectivity index (χ1v) is 7.79. The van der Waals surface area contributed by atoms with Crippen LogP contribution < -0.4 is 5.73 Å². The van der Waals surface area contributed by atoms with Gasteiger partial charge in [0.2, 0.25) is 0 Å². The lowest BCUT2D eigenvalue weighted by Gasteiger charge is -2.50. The molecule has 0 heterocycles. The second-order valence-corrected chi connectivity index (χ2v) is 7.10. The molecule has 2 N–H and O–H groups in total. The lowest BCUT2D eigenvalue weighted by Crippen LogP contribution is -2.41. The number of hydrogen-bond donors (Lipinski definition) is 1. The highest BCUT2D eigenvalue weighted by atomic mass is 14.7. The van der Waals surface area contributed by atoms with Crippen LogP contribution in [-0.2, 0) is 0 Å². The van der Waals surface area contributed by atoms with Gasteiger partial charge in [0, 0.05) is 6.04 Å². The van der Waals surface area contributed by atoms with Crippen molar-refractivity contribution in [3.8, 4) is 0 Å². The third-order valence-corrected chi connectivity index (χ3v) is 6.22. The van der Waals surface area contributed by atoms with Crippen molar-refractivity contribution < 1.29 is 0 Å². The Morgan fingerprint density at radius 2 is 2.21 bits per heavy atom. The molecule has 1 heteroatoms. The summed E-state index contributed by atoms with van der Waals surface area (Å²) in [7, 11) is 0. The fourth-order valence-corrected chi connectivity index (χ4v) is 5.27. The summed E-state index contributed by atoms with van der Waals surface area (Å²) in [6.07, 6.45) is 9.20. The minimum absolute atomic E-state index is 0.233. The van der Waals surface area contributed by atoms with Crippen LogP contribution in [-0.4, -0.2) is 0 Å². The summed E-state index contributed by atoms with van der Waals surface area (Å²) in [4.78, 5) is 0. The summed E-state index contributed by atoms with van der Waals surface area (Å²) < 4.78 is 0. The van der Waals surface area contributed by atoms with Crippen LogP contribution in [0, 0.1) is 29.7 Å². The lowest BCUT2D eigenvalue weighted by atomic mass is 9.55. The highest BCUT2D eigenvalue weighted by Gasteiger charge is 2.51. The zero-order valence-electron chi connectivity index (χ0n) is 11.7. The lowest BCUT2D eigenvalue weighted by molar-refractivity contribution is 0.0730. The van der Waals surface area contributed by atoms with Gasteiger partial charge in [-0.15, -0.1) is 0 Å². The normalized spacial score (nSPS) is 44.3. The Labute approximate surface area is 116 Å². The van der Waals surface area contributed by atoms with Crippen LogP contribution in [0.1, 0.15) is 62.1 Å². The molecule has 100 valence electrons. The Kier molecular flexibility index (Phi) is 2.57. The van der Waals surface area contributed by atoms with Crippen molar-refractivity contribution in [1.82, 2.24) is 0 Å². The fourth-order valence-electron chi connectivity index (χ4n) is 5.27. The van der Waals surface area contributed by atoms with Crippen LogP contribution in [0.25, 0.3) is 0 Å². The summed E-state index contributed by atoms with van der Waals surface area (Å²) in [5.41, 5.74) is 9.86. The molecule has 19 heavy (non-hydrogen) atoms. The van der Waals surface area contributed by atoms with Gasteiger partial charge >= 0.3 is 0 Å². The van der Waals surface area contributed by atoms with Crippen LogP contribution in [0.2, 0.25) is 0 Å². The molecule has 2 radical (unpaired) electrons. The first-order valence-electron chi connectivity index (χ1n) is 7.79. The SMILES string of the molecule is CC12[CH]CCC1C1CC(N)c3c[c]ccc3C1CC2. The van der Waals surface area contributed by atoms with Gasteiger partial charge in [0.25, 0.3) is 0 Å². The van der Waals surface area contributed by atoms with Crippen LogP contribution >= 0.6 is 0 Å². The second kappa shape index (κ2) is 4.09. The molecule has 0 aromatic heterocycles. The molecule has 2 saturated carbocycles. The van der Waals surface area contributed by atoms with Crippen molar-refractivity contribution in [2.45, 2.75) is 51.0 Å². The van der Waals surface area contributed by atoms with Gasteiger partial charge < -0.3 is 5.73 Å². The largest absolute Gasteiger partial charge is 0.324 e. The molecule has 0 amide bonds.